The second-order valence-corrected chi connectivity index (χ2v) is 6.45. The van der Waals surface area contributed by atoms with Crippen molar-refractivity contribution in [2.75, 3.05) is 6.54 Å². The predicted molar refractivity (Wildman–Crippen MR) is 111 cm³/mol. The number of fused-ring (bicyclic) bond motifs is 1. The molecule has 0 saturated heterocycles. The van der Waals surface area contributed by atoms with Crippen LogP contribution in [-0.2, 0) is 6.54 Å². The highest BCUT2D eigenvalue weighted by Gasteiger charge is 2.15. The number of pyridine rings is 1. The van der Waals surface area contributed by atoms with Crippen molar-refractivity contribution in [2.24, 2.45) is 4.99 Å². The number of aryl methyl sites for hydroxylation is 1. The van der Waals surface area contributed by atoms with E-state index in [-0.39, 0.29) is 11.4 Å². The number of aromatic hydroxyl groups is 1. The molecule has 2 heterocycles. The van der Waals surface area contributed by atoms with E-state index >= 15 is 0 Å². The summed E-state index contributed by atoms with van der Waals surface area (Å²) in [5.74, 6) is -0.103. The average Bonchev–Trinajstić information content (AvgIpc) is 3.24. The van der Waals surface area contributed by atoms with Gasteiger partial charge in [-0.1, -0.05) is 36.4 Å². The number of rotatable bonds is 6. The number of benzene rings is 2. The smallest absolute Gasteiger partial charge is 0.265 e. The van der Waals surface area contributed by atoms with E-state index in [4.69, 9.17) is 0 Å². The maximum absolute atomic E-state index is 13.0. The fourth-order valence-electron chi connectivity index (χ4n) is 3.23. The summed E-state index contributed by atoms with van der Waals surface area (Å²) in [5.41, 5.74) is 0.906. The Morgan fingerprint density at radius 2 is 1.79 bits per heavy atom. The topological polar surface area (TPSA) is 72.4 Å². The molecule has 0 unspecified atom stereocenters. The highest BCUT2D eigenvalue weighted by Crippen LogP contribution is 2.25. The molecule has 0 atom stereocenters. The van der Waals surface area contributed by atoms with E-state index in [0.717, 1.165) is 13.0 Å². The second kappa shape index (κ2) is 7.92. The van der Waals surface area contributed by atoms with Crippen molar-refractivity contribution >= 4 is 17.0 Å². The maximum atomic E-state index is 13.0. The molecule has 0 amide bonds. The number of hydrogen-bond acceptors (Lipinski definition) is 4. The van der Waals surface area contributed by atoms with Crippen molar-refractivity contribution < 1.29 is 5.11 Å². The summed E-state index contributed by atoms with van der Waals surface area (Å²) < 4.78 is 3.33. The number of aromatic nitrogens is 3. The van der Waals surface area contributed by atoms with Crippen molar-refractivity contribution in [3.05, 3.63) is 89.2 Å². The van der Waals surface area contributed by atoms with Gasteiger partial charge in [-0.3, -0.25) is 9.79 Å². The fraction of sp³-hybridized carbons (Fsp3) is 0.136. The molecule has 0 aliphatic carbocycles. The van der Waals surface area contributed by atoms with Gasteiger partial charge in [0.1, 0.15) is 0 Å². The largest absolute Gasteiger partial charge is 0.494 e. The van der Waals surface area contributed by atoms with Crippen LogP contribution < -0.4 is 5.56 Å². The zero-order valence-electron chi connectivity index (χ0n) is 15.3. The summed E-state index contributed by atoms with van der Waals surface area (Å²) >= 11 is 0. The molecule has 28 heavy (non-hydrogen) atoms. The third-order valence-corrected chi connectivity index (χ3v) is 4.60. The molecule has 4 aromatic rings. The van der Waals surface area contributed by atoms with Gasteiger partial charge in [0.15, 0.2) is 0 Å². The van der Waals surface area contributed by atoms with Gasteiger partial charge in [-0.25, -0.2) is 9.55 Å². The molecule has 0 aliphatic heterocycles. The number of hydrogen-bond donors (Lipinski definition) is 1. The second-order valence-electron chi connectivity index (χ2n) is 6.45. The number of nitrogens with zero attached hydrogens (tertiary/aromatic N) is 4. The minimum absolute atomic E-state index is 0.103. The first-order chi connectivity index (χ1) is 13.8. The lowest BCUT2D eigenvalue weighted by molar-refractivity contribution is 0.436. The van der Waals surface area contributed by atoms with Crippen molar-refractivity contribution in [1.29, 1.82) is 0 Å². The van der Waals surface area contributed by atoms with E-state index in [9.17, 15) is 9.90 Å². The first-order valence-electron chi connectivity index (χ1n) is 9.13. The Balaban J connectivity index is 1.70. The quantitative estimate of drug-likeness (QED) is 0.416. The van der Waals surface area contributed by atoms with Gasteiger partial charge in [-0.2, -0.15) is 0 Å². The van der Waals surface area contributed by atoms with Crippen LogP contribution >= 0.6 is 0 Å². The summed E-state index contributed by atoms with van der Waals surface area (Å²) in [6, 6.07) is 16.4. The molecule has 0 aliphatic rings. The number of aliphatic imine (C=N–C) groups is 1. The fourth-order valence-corrected chi connectivity index (χ4v) is 3.23. The molecular weight excluding hydrogens is 352 g/mol. The van der Waals surface area contributed by atoms with Gasteiger partial charge in [-0.15, -0.1) is 0 Å². The highest BCUT2D eigenvalue weighted by atomic mass is 16.3. The summed E-state index contributed by atoms with van der Waals surface area (Å²) in [5, 5.41) is 12.1. The highest BCUT2D eigenvalue weighted by molar-refractivity contribution is 6.01. The lowest BCUT2D eigenvalue weighted by Gasteiger charge is -2.13. The molecule has 0 fully saturated rings. The van der Waals surface area contributed by atoms with Gasteiger partial charge < -0.3 is 9.67 Å². The third-order valence-electron chi connectivity index (χ3n) is 4.60. The van der Waals surface area contributed by atoms with E-state index in [1.54, 1.807) is 36.9 Å². The molecule has 2 aromatic heterocycles. The Kier molecular flexibility index (Phi) is 5.01. The van der Waals surface area contributed by atoms with Gasteiger partial charge in [0.2, 0.25) is 5.88 Å². The molecule has 0 saturated carbocycles. The van der Waals surface area contributed by atoms with Crippen molar-refractivity contribution in [3.63, 3.8) is 0 Å². The van der Waals surface area contributed by atoms with Crippen molar-refractivity contribution in [1.82, 2.24) is 14.1 Å². The zero-order valence-corrected chi connectivity index (χ0v) is 15.3. The molecule has 6 nitrogen and oxygen atoms in total. The molecule has 0 bridgehead atoms. The van der Waals surface area contributed by atoms with E-state index in [0.29, 0.717) is 28.6 Å². The van der Waals surface area contributed by atoms with Gasteiger partial charge in [0, 0.05) is 42.5 Å². The lowest BCUT2D eigenvalue weighted by Crippen LogP contribution is -2.20. The molecule has 2 aromatic carbocycles. The molecule has 1 N–H and O–H groups in total. The maximum Gasteiger partial charge on any atom is 0.265 e. The summed E-state index contributed by atoms with van der Waals surface area (Å²) in [4.78, 5) is 21.5. The average molecular weight is 372 g/mol. The molecule has 6 heteroatoms. The Bertz CT molecular complexity index is 1160. The molecular formula is C22H20N4O2. The molecule has 140 valence electrons. The number of imidazole rings is 1. The van der Waals surface area contributed by atoms with Gasteiger partial charge in [0.05, 0.1) is 17.6 Å². The van der Waals surface area contributed by atoms with Crippen LogP contribution in [0.1, 0.15) is 12.0 Å². The Morgan fingerprint density at radius 3 is 2.54 bits per heavy atom. The Morgan fingerprint density at radius 1 is 1.04 bits per heavy atom. The summed E-state index contributed by atoms with van der Waals surface area (Å²) in [7, 11) is 0. The summed E-state index contributed by atoms with van der Waals surface area (Å²) in [6.45, 7) is 1.43. The monoisotopic (exact) mass is 372 g/mol. The SMILES string of the molecule is O=c1c2ccccc2c(C=NCCCn2ccnc2)c(O)n1-c1ccccc1. The molecule has 0 radical (unpaired) electrons. The first-order valence-corrected chi connectivity index (χ1v) is 9.13. The van der Waals surface area contributed by atoms with Crippen molar-refractivity contribution in [2.45, 2.75) is 13.0 Å². The van der Waals surface area contributed by atoms with E-state index in [1.165, 1.54) is 4.57 Å². The van der Waals surface area contributed by atoms with Crippen LogP contribution in [0.5, 0.6) is 5.88 Å². The van der Waals surface area contributed by atoms with Crippen LogP contribution in [0.2, 0.25) is 0 Å². The van der Waals surface area contributed by atoms with Crippen LogP contribution in [-0.4, -0.2) is 32.0 Å². The van der Waals surface area contributed by atoms with Gasteiger partial charge >= 0.3 is 0 Å². The van der Waals surface area contributed by atoms with Crippen LogP contribution in [0.3, 0.4) is 0 Å². The van der Waals surface area contributed by atoms with E-state index < -0.39 is 0 Å². The molecule has 0 spiro atoms. The Hall–Kier alpha value is -3.67. The molecule has 4 rings (SSSR count). The normalized spacial score (nSPS) is 11.4. The van der Waals surface area contributed by atoms with Crippen LogP contribution in [0.25, 0.3) is 16.5 Å². The van der Waals surface area contributed by atoms with Gasteiger partial charge in [-0.05, 0) is 24.6 Å². The van der Waals surface area contributed by atoms with Gasteiger partial charge in [0.25, 0.3) is 5.56 Å². The van der Waals surface area contributed by atoms with Crippen molar-refractivity contribution in [3.8, 4) is 11.6 Å². The zero-order chi connectivity index (χ0) is 19.3. The van der Waals surface area contributed by atoms with Crippen LogP contribution in [0, 0.1) is 0 Å². The minimum atomic E-state index is -0.253. The lowest BCUT2D eigenvalue weighted by atomic mass is 10.1. The standard InChI is InChI=1S/C22H20N4O2/c27-21-19-10-5-4-9-18(19)20(15-23-11-6-13-25-14-12-24-16-25)22(28)26(21)17-7-2-1-3-8-17/h1-5,7-10,12,14-16,28H,6,11,13H2. The third kappa shape index (κ3) is 3.44. The predicted octanol–water partition coefficient (Wildman–Crippen LogP) is 3.40. The van der Waals surface area contributed by atoms with Crippen LogP contribution in [0.4, 0.5) is 0 Å². The number of para-hydroxylation sites is 1. The minimum Gasteiger partial charge on any atom is -0.494 e. The first kappa shape index (κ1) is 17.7. The Labute approximate surface area is 162 Å². The van der Waals surface area contributed by atoms with E-state index in [1.807, 2.05) is 47.2 Å². The summed E-state index contributed by atoms with van der Waals surface area (Å²) in [6.07, 6.45) is 7.95. The van der Waals surface area contributed by atoms with E-state index in [2.05, 4.69) is 9.98 Å². The van der Waals surface area contributed by atoms with Crippen LogP contribution in [0.15, 0.2) is 83.1 Å².